The molecule has 0 bridgehead atoms. The second-order valence-corrected chi connectivity index (χ2v) is 9.64. The third-order valence-electron chi connectivity index (χ3n) is 6.98. The number of amides is 2. The minimum Gasteiger partial charge on any atom is -0.370 e. The number of hydrogen-bond acceptors (Lipinski definition) is 5. The molecule has 1 aromatic heterocycles. The summed E-state index contributed by atoms with van der Waals surface area (Å²) >= 11 is 6.40. The first kappa shape index (κ1) is 22.6. The Morgan fingerprint density at radius 3 is 2.41 bits per heavy atom. The summed E-state index contributed by atoms with van der Waals surface area (Å²) in [5, 5.41) is 10.3. The van der Waals surface area contributed by atoms with Crippen LogP contribution >= 0.6 is 11.6 Å². The van der Waals surface area contributed by atoms with Crippen LogP contribution < -0.4 is 4.90 Å². The van der Waals surface area contributed by atoms with E-state index in [1.807, 2.05) is 29.7 Å². The highest BCUT2D eigenvalue weighted by atomic mass is 35.5. The summed E-state index contributed by atoms with van der Waals surface area (Å²) in [5.74, 6) is 0.0736. The predicted octanol–water partition coefficient (Wildman–Crippen LogP) is 3.43. The number of piperazine rings is 1. The molecule has 1 aliphatic carbocycles. The molecule has 2 fully saturated rings. The van der Waals surface area contributed by atoms with E-state index < -0.39 is 0 Å². The molecule has 0 N–H and O–H groups in total. The Morgan fingerprint density at radius 1 is 1.12 bits per heavy atom. The fourth-order valence-electron chi connectivity index (χ4n) is 4.76. The first-order chi connectivity index (χ1) is 15.3. The Hall–Kier alpha value is -2.59. The lowest BCUT2D eigenvalue weighted by atomic mass is 9.81. The highest BCUT2D eigenvalue weighted by Crippen LogP contribution is 2.39. The number of nitriles is 1. The second kappa shape index (κ2) is 9.11. The van der Waals surface area contributed by atoms with Crippen LogP contribution in [0.5, 0.6) is 0 Å². The van der Waals surface area contributed by atoms with Gasteiger partial charge in [0.2, 0.25) is 5.91 Å². The summed E-state index contributed by atoms with van der Waals surface area (Å²) in [5.41, 5.74) is 3.05. The number of anilines is 1. The van der Waals surface area contributed by atoms with Crippen molar-refractivity contribution in [3.63, 3.8) is 0 Å². The van der Waals surface area contributed by atoms with Gasteiger partial charge in [0.25, 0.3) is 5.91 Å². The number of aromatic nitrogens is 1. The standard InChI is InChI=1S/C24H30ClN5O2/c1-3-21(31)28-10-12-30(13-11-28)23(32)19-15-27-20-5-4-17(25)14-18(20)22(19)29-8-6-24(2,16-26)7-9-29/h14-15H,3-13H2,1-2H3. The lowest BCUT2D eigenvalue weighted by molar-refractivity contribution is -0.132. The molecule has 7 nitrogen and oxygen atoms in total. The molecule has 2 amide bonds. The zero-order valence-corrected chi connectivity index (χ0v) is 19.6. The fourth-order valence-corrected chi connectivity index (χ4v) is 4.96. The third-order valence-corrected chi connectivity index (χ3v) is 7.28. The van der Waals surface area contributed by atoms with Crippen LogP contribution in [0.2, 0.25) is 0 Å². The second-order valence-electron chi connectivity index (χ2n) is 9.16. The van der Waals surface area contributed by atoms with Gasteiger partial charge in [-0.2, -0.15) is 5.26 Å². The molecule has 0 saturated carbocycles. The number of pyridine rings is 1. The maximum atomic E-state index is 13.6. The largest absolute Gasteiger partial charge is 0.370 e. The molecule has 8 heteroatoms. The zero-order chi connectivity index (χ0) is 22.9. The fraction of sp³-hybridized carbons (Fsp3) is 0.583. The molecule has 2 aliphatic heterocycles. The topological polar surface area (TPSA) is 80.5 Å². The summed E-state index contributed by atoms with van der Waals surface area (Å²) in [4.78, 5) is 36.1. The molecule has 0 spiro atoms. The summed E-state index contributed by atoms with van der Waals surface area (Å²) in [6.07, 6.45) is 7.17. The Labute approximate surface area is 194 Å². The lowest BCUT2D eigenvalue weighted by Crippen LogP contribution is -2.50. The molecular formula is C24H30ClN5O2. The minimum absolute atomic E-state index is 0.0531. The number of halogens is 1. The average molecular weight is 456 g/mol. The van der Waals surface area contributed by atoms with Gasteiger partial charge in [-0.1, -0.05) is 18.5 Å². The maximum Gasteiger partial charge on any atom is 0.257 e. The highest BCUT2D eigenvalue weighted by Gasteiger charge is 2.34. The van der Waals surface area contributed by atoms with Crippen molar-refractivity contribution in [3.8, 4) is 6.07 Å². The van der Waals surface area contributed by atoms with Crippen LogP contribution in [0.4, 0.5) is 5.69 Å². The summed E-state index contributed by atoms with van der Waals surface area (Å²) in [7, 11) is 0. The van der Waals surface area contributed by atoms with Gasteiger partial charge in [0.05, 0.1) is 28.4 Å². The van der Waals surface area contributed by atoms with Crippen molar-refractivity contribution in [1.29, 1.82) is 5.26 Å². The maximum absolute atomic E-state index is 13.6. The number of fused-ring (bicyclic) bond motifs is 1. The smallest absolute Gasteiger partial charge is 0.257 e. The van der Waals surface area contributed by atoms with Gasteiger partial charge < -0.3 is 14.7 Å². The van der Waals surface area contributed by atoms with Crippen LogP contribution in [-0.4, -0.2) is 65.9 Å². The molecule has 0 atom stereocenters. The van der Waals surface area contributed by atoms with Crippen LogP contribution in [0.25, 0.3) is 6.08 Å². The molecule has 4 rings (SSSR count). The number of allylic oxidation sites excluding steroid dienone is 1. The Kier molecular flexibility index (Phi) is 6.43. The summed E-state index contributed by atoms with van der Waals surface area (Å²) in [6, 6.07) is 2.45. The van der Waals surface area contributed by atoms with Crippen molar-refractivity contribution in [2.45, 2.75) is 46.0 Å². The van der Waals surface area contributed by atoms with E-state index in [9.17, 15) is 14.9 Å². The van der Waals surface area contributed by atoms with E-state index in [4.69, 9.17) is 11.6 Å². The highest BCUT2D eigenvalue weighted by molar-refractivity contribution is 6.31. The van der Waals surface area contributed by atoms with Gasteiger partial charge in [-0.15, -0.1) is 0 Å². The molecule has 32 heavy (non-hydrogen) atoms. The van der Waals surface area contributed by atoms with Gasteiger partial charge in [-0.3, -0.25) is 14.6 Å². The number of piperidine rings is 1. The average Bonchev–Trinajstić information content (AvgIpc) is 2.83. The number of aryl methyl sites for hydroxylation is 1. The molecule has 3 heterocycles. The van der Waals surface area contributed by atoms with E-state index in [0.29, 0.717) is 51.3 Å². The molecular weight excluding hydrogens is 426 g/mol. The van der Waals surface area contributed by atoms with E-state index in [2.05, 4.69) is 16.0 Å². The van der Waals surface area contributed by atoms with Gasteiger partial charge in [-0.25, -0.2) is 0 Å². The first-order valence-electron chi connectivity index (χ1n) is 11.5. The van der Waals surface area contributed by atoms with Gasteiger partial charge in [-0.05, 0) is 38.7 Å². The summed E-state index contributed by atoms with van der Waals surface area (Å²) < 4.78 is 0. The molecule has 1 aromatic rings. The van der Waals surface area contributed by atoms with Crippen molar-refractivity contribution in [2.24, 2.45) is 5.41 Å². The van der Waals surface area contributed by atoms with E-state index in [-0.39, 0.29) is 17.2 Å². The van der Waals surface area contributed by atoms with Crippen LogP contribution in [-0.2, 0) is 11.2 Å². The molecule has 0 aromatic carbocycles. The van der Waals surface area contributed by atoms with Crippen molar-refractivity contribution in [1.82, 2.24) is 14.8 Å². The van der Waals surface area contributed by atoms with Crippen LogP contribution in [0.3, 0.4) is 0 Å². The van der Waals surface area contributed by atoms with Crippen molar-refractivity contribution < 1.29 is 9.59 Å². The van der Waals surface area contributed by atoms with E-state index in [1.54, 1.807) is 6.20 Å². The SMILES string of the molecule is CCC(=O)N1CCN(C(=O)c2cnc3c(c2N2CCC(C)(C#N)CC2)C=C(Cl)CC3)CC1. The summed E-state index contributed by atoms with van der Waals surface area (Å²) in [6.45, 7) is 7.44. The predicted molar refractivity (Wildman–Crippen MR) is 124 cm³/mol. The van der Waals surface area contributed by atoms with Crippen LogP contribution in [0, 0.1) is 16.7 Å². The minimum atomic E-state index is -0.330. The number of hydrogen-bond donors (Lipinski definition) is 0. The van der Waals surface area contributed by atoms with E-state index in [1.165, 1.54) is 0 Å². The van der Waals surface area contributed by atoms with Gasteiger partial charge >= 0.3 is 0 Å². The first-order valence-corrected chi connectivity index (χ1v) is 11.8. The van der Waals surface area contributed by atoms with Crippen molar-refractivity contribution in [2.75, 3.05) is 44.2 Å². The molecule has 0 radical (unpaired) electrons. The lowest BCUT2D eigenvalue weighted by Gasteiger charge is -2.39. The monoisotopic (exact) mass is 455 g/mol. The van der Waals surface area contributed by atoms with Crippen LogP contribution in [0.15, 0.2) is 11.2 Å². The number of carbonyl (C=O) groups excluding carboxylic acids is 2. The normalized spacial score (nSPS) is 20.3. The van der Waals surface area contributed by atoms with Gasteiger partial charge in [0.15, 0.2) is 0 Å². The molecule has 0 unspecified atom stereocenters. The number of rotatable bonds is 3. The number of carbonyl (C=O) groups is 2. The number of nitrogens with zero attached hydrogens (tertiary/aromatic N) is 5. The molecule has 170 valence electrons. The van der Waals surface area contributed by atoms with Gasteiger partial charge in [0.1, 0.15) is 0 Å². The van der Waals surface area contributed by atoms with E-state index in [0.717, 1.165) is 47.7 Å². The Morgan fingerprint density at radius 2 is 1.78 bits per heavy atom. The zero-order valence-electron chi connectivity index (χ0n) is 18.9. The van der Waals surface area contributed by atoms with Crippen molar-refractivity contribution >= 4 is 35.2 Å². The Bertz CT molecular complexity index is 983. The third kappa shape index (κ3) is 4.33. The quantitative estimate of drug-likeness (QED) is 0.697. The Balaban J connectivity index is 1.64. The van der Waals surface area contributed by atoms with Gasteiger partial charge in [0, 0.05) is 62.5 Å². The van der Waals surface area contributed by atoms with Crippen LogP contribution in [0.1, 0.15) is 61.1 Å². The molecule has 3 aliphatic rings. The van der Waals surface area contributed by atoms with E-state index >= 15 is 0 Å². The molecule has 2 saturated heterocycles. The van der Waals surface area contributed by atoms with Crippen molar-refractivity contribution in [3.05, 3.63) is 28.0 Å².